The van der Waals surface area contributed by atoms with Crippen molar-refractivity contribution >= 4 is 40.7 Å². The summed E-state index contributed by atoms with van der Waals surface area (Å²) in [5.74, 6) is 0.340. The van der Waals surface area contributed by atoms with E-state index in [1.165, 1.54) is 0 Å². The van der Waals surface area contributed by atoms with E-state index < -0.39 is 0 Å². The van der Waals surface area contributed by atoms with Crippen molar-refractivity contribution in [3.63, 3.8) is 0 Å². The van der Waals surface area contributed by atoms with Crippen molar-refractivity contribution in [3.05, 3.63) is 62.7 Å². The summed E-state index contributed by atoms with van der Waals surface area (Å²) in [6.07, 6.45) is 0.499. The monoisotopic (exact) mass is 492 g/mol. The minimum atomic E-state index is -0.288. The van der Waals surface area contributed by atoms with E-state index >= 15 is 0 Å². The lowest BCUT2D eigenvalue weighted by Crippen LogP contribution is -2.48. The van der Waals surface area contributed by atoms with Crippen molar-refractivity contribution in [2.24, 2.45) is 0 Å². The van der Waals surface area contributed by atoms with Crippen LogP contribution in [0.15, 0.2) is 36.4 Å². The Bertz CT molecular complexity index is 1190. The number of aromatic nitrogens is 2. The molecule has 1 fully saturated rings. The fourth-order valence-electron chi connectivity index (χ4n) is 3.92. The Morgan fingerprint density at radius 3 is 2.53 bits per heavy atom. The van der Waals surface area contributed by atoms with Crippen LogP contribution < -0.4 is 10.2 Å². The van der Waals surface area contributed by atoms with Crippen LogP contribution in [0.25, 0.3) is 16.9 Å². The molecule has 0 atom stereocenters. The van der Waals surface area contributed by atoms with Gasteiger partial charge < -0.3 is 9.47 Å². The second-order valence-electron chi connectivity index (χ2n) is 7.46. The molecule has 32 heavy (non-hydrogen) atoms. The zero-order chi connectivity index (χ0) is 22.2. The topological polar surface area (TPSA) is 68.6 Å². The second-order valence-corrected chi connectivity index (χ2v) is 8.74. The Morgan fingerprint density at radius 2 is 1.75 bits per heavy atom. The fraction of sp³-hybridized carbons (Fsp3) is 0.273. The lowest BCUT2D eigenvalue weighted by molar-refractivity contribution is 0.0124. The van der Waals surface area contributed by atoms with Crippen LogP contribution in [0.5, 0.6) is 5.75 Å². The van der Waals surface area contributed by atoms with Gasteiger partial charge in [-0.05, 0) is 36.4 Å². The van der Waals surface area contributed by atoms with Crippen molar-refractivity contribution in [2.45, 2.75) is 6.42 Å². The summed E-state index contributed by atoms with van der Waals surface area (Å²) in [6.45, 7) is 2.74. The van der Waals surface area contributed by atoms with E-state index in [9.17, 15) is 4.79 Å². The minimum Gasteiger partial charge on any atom is -0.492 e. The van der Waals surface area contributed by atoms with Gasteiger partial charge in [0.15, 0.2) is 5.69 Å². The number of hydrazine groups is 1. The predicted molar refractivity (Wildman–Crippen MR) is 123 cm³/mol. The summed E-state index contributed by atoms with van der Waals surface area (Å²) in [5, 5.41) is 8.05. The van der Waals surface area contributed by atoms with E-state index in [4.69, 9.17) is 49.4 Å². The quantitative estimate of drug-likeness (QED) is 0.585. The molecule has 3 heterocycles. The van der Waals surface area contributed by atoms with Gasteiger partial charge in [0.2, 0.25) is 0 Å². The number of nitrogens with one attached hydrogen (secondary N) is 1. The Kier molecular flexibility index (Phi) is 6.01. The summed E-state index contributed by atoms with van der Waals surface area (Å²) >= 11 is 18.8. The van der Waals surface area contributed by atoms with Crippen LogP contribution in [0.3, 0.4) is 0 Å². The molecule has 0 radical (unpaired) electrons. The Balaban J connectivity index is 1.66. The van der Waals surface area contributed by atoms with Crippen LogP contribution in [0, 0.1) is 0 Å². The molecule has 10 heteroatoms. The van der Waals surface area contributed by atoms with Gasteiger partial charge in [-0.3, -0.25) is 10.2 Å². The van der Waals surface area contributed by atoms with Crippen molar-refractivity contribution < 1.29 is 14.3 Å². The third-order valence-corrected chi connectivity index (χ3v) is 6.19. The maximum atomic E-state index is 13.3. The average molecular weight is 494 g/mol. The first-order chi connectivity index (χ1) is 15.5. The molecule has 2 aromatic carbocycles. The highest BCUT2D eigenvalue weighted by Gasteiger charge is 2.30. The number of rotatable bonds is 3. The number of carbonyl (C=O) groups is 1. The maximum absolute atomic E-state index is 13.3. The summed E-state index contributed by atoms with van der Waals surface area (Å²) in [4.78, 5) is 13.3. The van der Waals surface area contributed by atoms with E-state index in [2.05, 4.69) is 5.43 Å². The van der Waals surface area contributed by atoms with E-state index in [-0.39, 0.29) is 5.91 Å². The van der Waals surface area contributed by atoms with Gasteiger partial charge in [0.1, 0.15) is 5.75 Å². The molecule has 1 N–H and O–H groups in total. The van der Waals surface area contributed by atoms with Crippen molar-refractivity contribution in [3.8, 4) is 22.7 Å². The normalized spacial score (nSPS) is 16.0. The van der Waals surface area contributed by atoms with Crippen LogP contribution in [-0.4, -0.2) is 53.6 Å². The highest BCUT2D eigenvalue weighted by molar-refractivity contribution is 6.35. The molecule has 7 nitrogen and oxygen atoms in total. The number of amides is 1. The number of benzene rings is 2. The minimum absolute atomic E-state index is 0.288. The highest BCUT2D eigenvalue weighted by atomic mass is 35.5. The first-order valence-corrected chi connectivity index (χ1v) is 11.3. The van der Waals surface area contributed by atoms with Gasteiger partial charge in [0.25, 0.3) is 5.91 Å². The first-order valence-electron chi connectivity index (χ1n) is 10.1. The molecule has 1 saturated heterocycles. The molecule has 1 aromatic heterocycles. The van der Waals surface area contributed by atoms with Gasteiger partial charge in [-0.15, -0.1) is 0 Å². The molecule has 1 amide bonds. The molecule has 0 saturated carbocycles. The molecule has 0 aliphatic carbocycles. The Hall–Kier alpha value is -2.29. The average Bonchev–Trinajstić information content (AvgIpc) is 3.03. The summed E-state index contributed by atoms with van der Waals surface area (Å²) in [7, 11) is 0. The lowest BCUT2D eigenvalue weighted by Gasteiger charge is -2.26. The molecule has 3 aromatic rings. The Morgan fingerprint density at radius 1 is 1.00 bits per heavy atom. The van der Waals surface area contributed by atoms with E-state index in [1.54, 1.807) is 35.0 Å². The fourth-order valence-corrected chi connectivity index (χ4v) is 4.57. The molecular formula is C22H19Cl3N4O3. The first kappa shape index (κ1) is 21.6. The van der Waals surface area contributed by atoms with Crippen molar-refractivity contribution in [2.75, 3.05) is 32.9 Å². The number of halogens is 3. The Labute approximate surface area is 199 Å². The number of carbonyl (C=O) groups excluding carboxylic acids is 1. The number of morpholine rings is 1. The third kappa shape index (κ3) is 4.07. The predicted octanol–water partition coefficient (Wildman–Crippen LogP) is 4.41. The van der Waals surface area contributed by atoms with E-state index in [0.717, 1.165) is 16.8 Å². The van der Waals surface area contributed by atoms with Crippen LogP contribution in [-0.2, 0) is 11.2 Å². The summed E-state index contributed by atoms with van der Waals surface area (Å²) < 4.78 is 13.0. The zero-order valence-electron chi connectivity index (χ0n) is 16.9. The molecule has 0 bridgehead atoms. The summed E-state index contributed by atoms with van der Waals surface area (Å²) in [5.41, 5.74) is 6.19. The van der Waals surface area contributed by atoms with E-state index in [0.29, 0.717) is 71.5 Å². The van der Waals surface area contributed by atoms with Gasteiger partial charge in [-0.2, -0.15) is 5.10 Å². The number of hydrogen-bond donors (Lipinski definition) is 1. The number of hydrogen-bond acceptors (Lipinski definition) is 5. The molecular weight excluding hydrogens is 475 g/mol. The van der Waals surface area contributed by atoms with E-state index in [1.807, 2.05) is 11.1 Å². The lowest BCUT2D eigenvalue weighted by atomic mass is 10.0. The molecule has 2 aliphatic heterocycles. The van der Waals surface area contributed by atoms with Crippen molar-refractivity contribution in [1.29, 1.82) is 0 Å². The van der Waals surface area contributed by atoms with Crippen molar-refractivity contribution in [1.82, 2.24) is 20.2 Å². The third-order valence-electron chi connectivity index (χ3n) is 5.42. The second kappa shape index (κ2) is 8.92. The van der Waals surface area contributed by atoms with Gasteiger partial charge in [0, 0.05) is 40.7 Å². The van der Waals surface area contributed by atoms with Gasteiger partial charge in [-0.1, -0.05) is 34.8 Å². The SMILES string of the molecule is O=C(NN1CCOCC1)c1nn(-c2ccc(Cl)cc2Cl)c2c1CCOc1cc(Cl)ccc1-2. The summed E-state index contributed by atoms with van der Waals surface area (Å²) in [6, 6.07) is 10.6. The maximum Gasteiger partial charge on any atom is 0.286 e. The standard InChI is InChI=1S/C22H19Cl3N4O3/c23-13-2-4-18(17(25)11-13)29-21-15-3-1-14(24)12-19(15)32-8-5-16(21)20(26-29)22(30)27-28-6-9-31-10-7-28/h1-4,11-12H,5-10H2,(H,27,30). The van der Waals surface area contributed by atoms with Crippen LogP contribution in [0.2, 0.25) is 15.1 Å². The van der Waals surface area contributed by atoms with Gasteiger partial charge in [0.05, 0.1) is 36.2 Å². The molecule has 0 spiro atoms. The molecule has 166 valence electrons. The zero-order valence-corrected chi connectivity index (χ0v) is 19.2. The van der Waals surface area contributed by atoms with Crippen LogP contribution >= 0.6 is 34.8 Å². The largest absolute Gasteiger partial charge is 0.492 e. The van der Waals surface area contributed by atoms with Gasteiger partial charge in [-0.25, -0.2) is 9.69 Å². The number of fused-ring (bicyclic) bond motifs is 3. The number of nitrogens with zero attached hydrogens (tertiary/aromatic N) is 3. The van der Waals surface area contributed by atoms with Crippen LogP contribution in [0.1, 0.15) is 16.1 Å². The van der Waals surface area contributed by atoms with Crippen LogP contribution in [0.4, 0.5) is 0 Å². The van der Waals surface area contributed by atoms with Gasteiger partial charge >= 0.3 is 0 Å². The highest BCUT2D eigenvalue weighted by Crippen LogP contribution is 2.40. The number of ether oxygens (including phenoxy) is 2. The molecule has 0 unspecified atom stereocenters. The molecule has 2 aliphatic rings. The smallest absolute Gasteiger partial charge is 0.286 e. The molecule has 5 rings (SSSR count).